The van der Waals surface area contributed by atoms with E-state index in [1.807, 2.05) is 6.07 Å². The Morgan fingerprint density at radius 1 is 1.40 bits per heavy atom. The van der Waals surface area contributed by atoms with Crippen molar-refractivity contribution in [2.75, 3.05) is 13.1 Å². The van der Waals surface area contributed by atoms with Gasteiger partial charge in [-0.3, -0.25) is 0 Å². The molecule has 1 aromatic carbocycles. The fourth-order valence-corrected chi connectivity index (χ4v) is 5.35. The molecule has 1 saturated heterocycles. The summed E-state index contributed by atoms with van der Waals surface area (Å²) in [5, 5.41) is 0. The van der Waals surface area contributed by atoms with Crippen molar-refractivity contribution in [1.82, 2.24) is 4.31 Å². The van der Waals surface area contributed by atoms with Crippen LogP contribution >= 0.6 is 27.5 Å². The first-order chi connectivity index (χ1) is 9.26. The highest BCUT2D eigenvalue weighted by atomic mass is 79.9. The average Bonchev–Trinajstić information content (AvgIpc) is 2.38. The molecule has 0 amide bonds. The van der Waals surface area contributed by atoms with Crippen LogP contribution in [-0.4, -0.2) is 25.8 Å². The van der Waals surface area contributed by atoms with Crippen molar-refractivity contribution >= 4 is 37.6 Å². The molecule has 1 aliphatic heterocycles. The molecule has 0 bridgehead atoms. The molecule has 0 unspecified atom stereocenters. The van der Waals surface area contributed by atoms with E-state index in [9.17, 15) is 8.42 Å². The lowest BCUT2D eigenvalue weighted by molar-refractivity contribution is 0.187. The van der Waals surface area contributed by atoms with Crippen LogP contribution in [0.2, 0.25) is 0 Å². The van der Waals surface area contributed by atoms with Crippen LogP contribution in [0.25, 0.3) is 0 Å². The van der Waals surface area contributed by atoms with Gasteiger partial charge in [-0.15, -0.1) is 11.6 Å². The van der Waals surface area contributed by atoms with Crippen LogP contribution in [0.15, 0.2) is 27.6 Å². The van der Waals surface area contributed by atoms with Gasteiger partial charge in [0, 0.05) is 23.4 Å². The standard InChI is InChI=1S/C14H19BrClNO2S/c1-14(2)6-3-7-17(10-14)20(18,19)13-8-11(9-16)4-5-12(13)15/h4-5,8H,3,6-7,9-10H2,1-2H3. The first kappa shape index (κ1) is 16.3. The van der Waals surface area contributed by atoms with Crippen LogP contribution in [-0.2, 0) is 15.9 Å². The number of sulfonamides is 1. The van der Waals surface area contributed by atoms with Gasteiger partial charge in [-0.25, -0.2) is 8.42 Å². The quantitative estimate of drug-likeness (QED) is 0.743. The first-order valence-electron chi connectivity index (χ1n) is 6.61. The maximum absolute atomic E-state index is 12.8. The molecule has 2 rings (SSSR count). The van der Waals surface area contributed by atoms with Crippen molar-refractivity contribution in [3.63, 3.8) is 0 Å². The van der Waals surface area contributed by atoms with E-state index in [2.05, 4.69) is 29.8 Å². The predicted octanol–water partition coefficient (Wildman–Crippen LogP) is 4.00. The van der Waals surface area contributed by atoms with E-state index >= 15 is 0 Å². The van der Waals surface area contributed by atoms with Gasteiger partial charge in [-0.1, -0.05) is 19.9 Å². The van der Waals surface area contributed by atoms with Crippen LogP contribution in [0.5, 0.6) is 0 Å². The van der Waals surface area contributed by atoms with Gasteiger partial charge >= 0.3 is 0 Å². The molecule has 0 aromatic heterocycles. The van der Waals surface area contributed by atoms with Crippen LogP contribution in [0.4, 0.5) is 0 Å². The highest BCUT2D eigenvalue weighted by molar-refractivity contribution is 9.10. The van der Waals surface area contributed by atoms with Crippen molar-refractivity contribution in [3.8, 4) is 0 Å². The average molecular weight is 381 g/mol. The first-order valence-corrected chi connectivity index (χ1v) is 9.38. The van der Waals surface area contributed by atoms with Crippen molar-refractivity contribution in [3.05, 3.63) is 28.2 Å². The van der Waals surface area contributed by atoms with Crippen molar-refractivity contribution < 1.29 is 8.42 Å². The van der Waals surface area contributed by atoms with Gasteiger partial charge in [0.15, 0.2) is 0 Å². The Labute approximate surface area is 134 Å². The van der Waals surface area contributed by atoms with E-state index in [1.54, 1.807) is 16.4 Å². The smallest absolute Gasteiger partial charge is 0.207 e. The zero-order valence-electron chi connectivity index (χ0n) is 11.7. The van der Waals surface area contributed by atoms with Crippen molar-refractivity contribution in [1.29, 1.82) is 0 Å². The predicted molar refractivity (Wildman–Crippen MR) is 85.5 cm³/mol. The van der Waals surface area contributed by atoms with E-state index in [0.29, 0.717) is 28.3 Å². The Bertz CT molecular complexity index is 601. The monoisotopic (exact) mass is 379 g/mol. The van der Waals surface area contributed by atoms with E-state index in [-0.39, 0.29) is 5.41 Å². The molecular formula is C14H19BrClNO2S. The SMILES string of the molecule is CC1(C)CCCN(S(=O)(=O)c2cc(CCl)ccc2Br)C1. The van der Waals surface area contributed by atoms with Crippen LogP contribution in [0.3, 0.4) is 0 Å². The van der Waals surface area contributed by atoms with E-state index in [0.717, 1.165) is 18.4 Å². The second-order valence-electron chi connectivity index (χ2n) is 6.00. The zero-order chi connectivity index (χ0) is 15.0. The summed E-state index contributed by atoms with van der Waals surface area (Å²) in [5.74, 6) is 0.307. The molecule has 0 N–H and O–H groups in total. The molecule has 0 radical (unpaired) electrons. The molecule has 6 heteroatoms. The van der Waals surface area contributed by atoms with Gasteiger partial charge in [0.2, 0.25) is 10.0 Å². The van der Waals surface area contributed by atoms with E-state index in [4.69, 9.17) is 11.6 Å². The number of hydrogen-bond donors (Lipinski definition) is 0. The van der Waals surface area contributed by atoms with Gasteiger partial charge in [0.05, 0.1) is 4.90 Å². The molecule has 20 heavy (non-hydrogen) atoms. The van der Waals surface area contributed by atoms with E-state index in [1.165, 1.54) is 0 Å². The normalized spacial score (nSPS) is 20.0. The van der Waals surface area contributed by atoms with Crippen LogP contribution in [0.1, 0.15) is 32.3 Å². The van der Waals surface area contributed by atoms with Crippen molar-refractivity contribution in [2.24, 2.45) is 5.41 Å². The fraction of sp³-hybridized carbons (Fsp3) is 0.571. The van der Waals surface area contributed by atoms with Gasteiger partial charge in [0.1, 0.15) is 0 Å². The summed E-state index contributed by atoms with van der Waals surface area (Å²) in [6.45, 7) is 5.37. The minimum Gasteiger partial charge on any atom is -0.207 e. The molecule has 0 aliphatic carbocycles. The highest BCUT2D eigenvalue weighted by Crippen LogP contribution is 2.34. The molecular weight excluding hydrogens is 362 g/mol. The third-order valence-corrected chi connectivity index (χ3v) is 6.78. The van der Waals surface area contributed by atoms with Crippen molar-refractivity contribution in [2.45, 2.75) is 37.5 Å². The summed E-state index contributed by atoms with van der Waals surface area (Å²) >= 11 is 9.15. The Hall–Kier alpha value is -0.100. The van der Waals surface area contributed by atoms with Crippen LogP contribution in [0, 0.1) is 5.41 Å². The molecule has 0 spiro atoms. The highest BCUT2D eigenvalue weighted by Gasteiger charge is 2.35. The summed E-state index contributed by atoms with van der Waals surface area (Å²) in [5.41, 5.74) is 0.840. The van der Waals surface area contributed by atoms with Gasteiger partial charge < -0.3 is 0 Å². The number of benzene rings is 1. The molecule has 0 atom stereocenters. The molecule has 1 aliphatic rings. The second kappa shape index (κ2) is 5.95. The number of piperidine rings is 1. The van der Waals surface area contributed by atoms with Gasteiger partial charge in [0.25, 0.3) is 0 Å². The Kier molecular flexibility index (Phi) is 4.84. The summed E-state index contributed by atoms with van der Waals surface area (Å²) in [6.07, 6.45) is 1.96. The molecule has 0 saturated carbocycles. The molecule has 1 fully saturated rings. The Morgan fingerprint density at radius 2 is 2.10 bits per heavy atom. The lowest BCUT2D eigenvalue weighted by Gasteiger charge is -2.37. The Morgan fingerprint density at radius 3 is 2.70 bits per heavy atom. The topological polar surface area (TPSA) is 37.4 Å². The Balaban J connectivity index is 2.40. The van der Waals surface area contributed by atoms with E-state index < -0.39 is 10.0 Å². The maximum atomic E-state index is 12.8. The number of rotatable bonds is 3. The third-order valence-electron chi connectivity index (χ3n) is 3.63. The molecule has 1 heterocycles. The number of hydrogen-bond acceptors (Lipinski definition) is 2. The molecule has 1 aromatic rings. The second-order valence-corrected chi connectivity index (χ2v) is 9.03. The minimum absolute atomic E-state index is 0.0297. The third kappa shape index (κ3) is 3.38. The molecule has 3 nitrogen and oxygen atoms in total. The summed E-state index contributed by atoms with van der Waals surface area (Å²) < 4.78 is 27.8. The molecule has 112 valence electrons. The summed E-state index contributed by atoms with van der Waals surface area (Å²) in [4.78, 5) is 0.313. The number of nitrogens with zero attached hydrogens (tertiary/aromatic N) is 1. The summed E-state index contributed by atoms with van der Waals surface area (Å²) in [6, 6.07) is 5.24. The van der Waals surface area contributed by atoms with Gasteiger partial charge in [-0.2, -0.15) is 4.31 Å². The summed E-state index contributed by atoms with van der Waals surface area (Å²) in [7, 11) is -3.47. The maximum Gasteiger partial charge on any atom is 0.244 e. The van der Waals surface area contributed by atoms with Gasteiger partial charge in [-0.05, 0) is 51.9 Å². The number of halogens is 2. The lowest BCUT2D eigenvalue weighted by atomic mass is 9.85. The zero-order valence-corrected chi connectivity index (χ0v) is 14.9. The fourth-order valence-electron chi connectivity index (χ4n) is 2.54. The number of alkyl halides is 1. The lowest BCUT2D eigenvalue weighted by Crippen LogP contribution is -2.43. The van der Waals surface area contributed by atoms with Crippen LogP contribution < -0.4 is 0 Å². The largest absolute Gasteiger partial charge is 0.244 e. The minimum atomic E-state index is -3.47.